The number of hydrogen-bond donors (Lipinski definition) is 1. The highest BCUT2D eigenvalue weighted by Gasteiger charge is 2.46. The molecule has 1 N–H and O–H groups in total. The van der Waals surface area contributed by atoms with E-state index in [0.29, 0.717) is 34.7 Å². The second kappa shape index (κ2) is 10.5. The number of benzene rings is 4. The molecule has 43 heavy (non-hydrogen) atoms. The zero-order chi connectivity index (χ0) is 29.9. The normalized spacial score (nSPS) is 19.8. The fourth-order valence-corrected chi connectivity index (χ4v) is 8.60. The van der Waals surface area contributed by atoms with E-state index in [4.69, 9.17) is 0 Å². The maximum atomic E-state index is 15.3. The van der Waals surface area contributed by atoms with Gasteiger partial charge in [0.05, 0.1) is 22.6 Å². The summed E-state index contributed by atoms with van der Waals surface area (Å²) in [5.41, 5.74) is 4.47. The van der Waals surface area contributed by atoms with Crippen molar-refractivity contribution >= 4 is 38.7 Å². The van der Waals surface area contributed by atoms with Crippen LogP contribution in [-0.4, -0.2) is 37.0 Å². The van der Waals surface area contributed by atoms with E-state index in [1.165, 1.54) is 16.4 Å². The predicted octanol–water partition coefficient (Wildman–Crippen LogP) is 7.52. The Labute approximate surface area is 250 Å². The molecule has 0 saturated heterocycles. The molecule has 0 radical (unpaired) electrons. The Bertz CT molecular complexity index is 1840. The van der Waals surface area contributed by atoms with Gasteiger partial charge in [-0.25, -0.2) is 17.6 Å². The number of sulfonamides is 1. The highest BCUT2D eigenvalue weighted by atomic mass is 32.2. The van der Waals surface area contributed by atoms with Crippen LogP contribution in [0.4, 0.5) is 27.1 Å². The van der Waals surface area contributed by atoms with Crippen molar-refractivity contribution in [2.45, 2.75) is 49.7 Å². The molecule has 1 aliphatic carbocycles. The van der Waals surface area contributed by atoms with Crippen molar-refractivity contribution < 1.29 is 22.7 Å². The van der Waals surface area contributed by atoms with Crippen LogP contribution in [0.15, 0.2) is 89.8 Å². The summed E-state index contributed by atoms with van der Waals surface area (Å²) in [6.45, 7) is 0.298. The quantitative estimate of drug-likeness (QED) is 0.262. The Morgan fingerprint density at radius 1 is 0.837 bits per heavy atom. The molecule has 9 heteroatoms. The molecule has 4 aromatic carbocycles. The van der Waals surface area contributed by atoms with Crippen molar-refractivity contribution in [1.82, 2.24) is 4.31 Å². The molecule has 1 fully saturated rings. The largest absolute Gasteiger partial charge is 0.478 e. The lowest BCUT2D eigenvalue weighted by molar-refractivity contribution is 0.0697. The zero-order valence-electron chi connectivity index (χ0n) is 23.8. The molecular formula is C34H32FN3O4S. The van der Waals surface area contributed by atoms with Gasteiger partial charge in [-0.1, -0.05) is 55.7 Å². The smallest absolute Gasteiger partial charge is 0.335 e. The second-order valence-corrected chi connectivity index (χ2v) is 13.6. The van der Waals surface area contributed by atoms with Crippen molar-refractivity contribution in [3.63, 3.8) is 0 Å². The molecule has 1 saturated carbocycles. The monoisotopic (exact) mass is 597 g/mol. The number of carboxylic acids is 1. The molecule has 1 atom stereocenters. The number of halogens is 1. The molecule has 2 aliphatic heterocycles. The van der Waals surface area contributed by atoms with E-state index in [9.17, 15) is 18.3 Å². The summed E-state index contributed by atoms with van der Waals surface area (Å²) < 4.78 is 45.5. The van der Waals surface area contributed by atoms with Crippen molar-refractivity contribution in [1.29, 1.82) is 0 Å². The molecule has 0 spiro atoms. The number of carboxylic acid groups (broad SMARTS) is 1. The lowest BCUT2D eigenvalue weighted by Gasteiger charge is -2.48. The minimum Gasteiger partial charge on any atom is -0.478 e. The molecule has 220 valence electrons. The Hall–Kier alpha value is -4.21. The number of rotatable bonds is 4. The van der Waals surface area contributed by atoms with Crippen LogP contribution in [0.1, 0.15) is 48.0 Å². The fraction of sp³-hybridized carbons (Fsp3) is 0.265. The highest BCUT2D eigenvalue weighted by Crippen LogP contribution is 2.52. The lowest BCUT2D eigenvalue weighted by Crippen LogP contribution is -2.55. The van der Waals surface area contributed by atoms with E-state index < -0.39 is 28.0 Å². The molecule has 0 bridgehead atoms. The van der Waals surface area contributed by atoms with Crippen LogP contribution in [0.3, 0.4) is 0 Å². The Morgan fingerprint density at radius 3 is 2.28 bits per heavy atom. The van der Waals surface area contributed by atoms with Crippen LogP contribution in [0.2, 0.25) is 0 Å². The number of carbonyl (C=O) groups is 1. The van der Waals surface area contributed by atoms with Crippen LogP contribution in [0.25, 0.3) is 11.1 Å². The van der Waals surface area contributed by atoms with Gasteiger partial charge in [-0.2, -0.15) is 4.31 Å². The first-order chi connectivity index (χ1) is 20.8. The average molecular weight is 598 g/mol. The van der Waals surface area contributed by atoms with Gasteiger partial charge in [0.25, 0.3) is 0 Å². The lowest BCUT2D eigenvalue weighted by atomic mass is 9.85. The van der Waals surface area contributed by atoms with E-state index in [-0.39, 0.29) is 16.4 Å². The van der Waals surface area contributed by atoms with Crippen molar-refractivity contribution in [3.8, 4) is 11.1 Å². The summed E-state index contributed by atoms with van der Waals surface area (Å²) in [7, 11) is -2.27. The van der Waals surface area contributed by atoms with Gasteiger partial charge in [0, 0.05) is 24.8 Å². The van der Waals surface area contributed by atoms with E-state index in [1.807, 2.05) is 41.3 Å². The Balaban J connectivity index is 1.52. The van der Waals surface area contributed by atoms with Crippen LogP contribution in [-0.2, 0) is 16.6 Å². The minimum atomic E-state index is -3.93. The van der Waals surface area contributed by atoms with Crippen LogP contribution in [0, 0.1) is 11.7 Å². The van der Waals surface area contributed by atoms with E-state index in [0.717, 1.165) is 43.4 Å². The molecule has 0 amide bonds. The highest BCUT2D eigenvalue weighted by molar-refractivity contribution is 7.89. The van der Waals surface area contributed by atoms with Crippen LogP contribution >= 0.6 is 0 Å². The zero-order valence-corrected chi connectivity index (χ0v) is 24.6. The van der Waals surface area contributed by atoms with E-state index >= 15 is 4.39 Å². The third-order valence-corrected chi connectivity index (χ3v) is 11.0. The number of hydrogen-bond acceptors (Lipinski definition) is 5. The van der Waals surface area contributed by atoms with Gasteiger partial charge in [-0.3, -0.25) is 0 Å². The van der Waals surface area contributed by atoms with Crippen molar-refractivity contribution in [2.75, 3.05) is 16.8 Å². The molecule has 0 unspecified atom stereocenters. The molecule has 4 aromatic rings. The third-order valence-electron chi connectivity index (χ3n) is 9.15. The van der Waals surface area contributed by atoms with Crippen LogP contribution in [0.5, 0.6) is 0 Å². The van der Waals surface area contributed by atoms with Gasteiger partial charge in [0.15, 0.2) is 0 Å². The van der Waals surface area contributed by atoms with Gasteiger partial charge in [-0.05, 0) is 78.4 Å². The molecule has 7 nitrogen and oxygen atoms in total. The van der Waals surface area contributed by atoms with Gasteiger partial charge >= 0.3 is 5.97 Å². The number of aromatic carboxylic acids is 1. The summed E-state index contributed by atoms with van der Waals surface area (Å²) >= 11 is 0. The van der Waals surface area contributed by atoms with Gasteiger partial charge < -0.3 is 14.9 Å². The standard InChI is InChI=1S/C34H32FN3O4S/c1-36-33(22-10-4-2-5-11-22)38(25-12-6-3-7-13-25)31-20-30-27(19-32(31)43(36,41)42)26-18-23(34(39)40)16-17-24(26)21-37(30)29-15-9-8-14-28(29)35/h3,6-9,12-20,22,33H,2,4-5,10-11,21H2,1H3,(H,39,40)/t33-/m0/s1. The maximum Gasteiger partial charge on any atom is 0.335 e. The van der Waals surface area contributed by atoms with Crippen LogP contribution < -0.4 is 9.80 Å². The Morgan fingerprint density at radius 2 is 1.56 bits per heavy atom. The van der Waals surface area contributed by atoms with Gasteiger partial charge in [0.2, 0.25) is 10.0 Å². The second-order valence-electron chi connectivity index (χ2n) is 11.6. The molecule has 7 rings (SSSR count). The van der Waals surface area contributed by atoms with Crippen molar-refractivity contribution in [3.05, 3.63) is 102 Å². The third kappa shape index (κ3) is 4.49. The Kier molecular flexibility index (Phi) is 6.74. The molecule has 0 aromatic heterocycles. The summed E-state index contributed by atoms with van der Waals surface area (Å²) in [5.74, 6) is -1.33. The topological polar surface area (TPSA) is 81.2 Å². The van der Waals surface area contributed by atoms with Gasteiger partial charge in [0.1, 0.15) is 16.9 Å². The summed E-state index contributed by atoms with van der Waals surface area (Å²) in [6, 6.07) is 24.7. The molecular weight excluding hydrogens is 565 g/mol. The summed E-state index contributed by atoms with van der Waals surface area (Å²) in [6.07, 6.45) is 4.69. The number of anilines is 4. The fourth-order valence-electron chi connectivity index (χ4n) is 7.05. The van der Waals surface area contributed by atoms with E-state index in [2.05, 4.69) is 4.90 Å². The maximum absolute atomic E-state index is 15.3. The number of fused-ring (bicyclic) bond motifs is 4. The first-order valence-electron chi connectivity index (χ1n) is 14.6. The molecule has 2 heterocycles. The van der Waals surface area contributed by atoms with Crippen molar-refractivity contribution in [2.24, 2.45) is 5.92 Å². The minimum absolute atomic E-state index is 0.102. The SMILES string of the molecule is CN1[C@H](C2CCCCC2)N(c2ccccc2)c2cc3c(cc2S1(=O)=O)-c1cc(C(=O)O)ccc1CN3c1ccccc1F. The predicted molar refractivity (Wildman–Crippen MR) is 165 cm³/mol. The van der Waals surface area contributed by atoms with E-state index in [1.54, 1.807) is 43.4 Å². The number of nitrogens with zero attached hydrogens (tertiary/aromatic N) is 3. The summed E-state index contributed by atoms with van der Waals surface area (Å²) in [4.78, 5) is 16.1. The first-order valence-corrected chi connectivity index (χ1v) is 16.1. The molecule has 3 aliphatic rings. The van der Waals surface area contributed by atoms with Gasteiger partial charge in [-0.15, -0.1) is 0 Å². The summed E-state index contributed by atoms with van der Waals surface area (Å²) in [5, 5.41) is 9.76. The number of para-hydroxylation sites is 2. The first kappa shape index (κ1) is 27.6. The average Bonchev–Trinajstić information content (AvgIpc) is 3.02.